The number of carbonyl (C=O) groups excluding carboxylic acids is 1. The number of nitrogens with zero attached hydrogens (tertiary/aromatic N) is 2. The Morgan fingerprint density at radius 3 is 2.27 bits per heavy atom. The van der Waals surface area contributed by atoms with Crippen molar-refractivity contribution < 1.29 is 18.0 Å². The van der Waals surface area contributed by atoms with Gasteiger partial charge in [-0.2, -0.15) is 18.2 Å². The van der Waals surface area contributed by atoms with Gasteiger partial charge in [0, 0.05) is 17.8 Å². The van der Waals surface area contributed by atoms with Crippen molar-refractivity contribution in [2.45, 2.75) is 46.7 Å². The van der Waals surface area contributed by atoms with Crippen molar-refractivity contribution in [2.75, 3.05) is 10.6 Å². The van der Waals surface area contributed by atoms with E-state index in [-0.39, 0.29) is 22.8 Å². The van der Waals surface area contributed by atoms with E-state index in [2.05, 4.69) is 20.6 Å². The van der Waals surface area contributed by atoms with E-state index in [1.54, 1.807) is 0 Å². The van der Waals surface area contributed by atoms with Gasteiger partial charge in [-0.1, -0.05) is 26.0 Å². The lowest BCUT2D eigenvalue weighted by Crippen LogP contribution is -2.29. The predicted molar refractivity (Wildman–Crippen MR) is 122 cm³/mol. The van der Waals surface area contributed by atoms with Gasteiger partial charge in [-0.05, 0) is 67.1 Å². The van der Waals surface area contributed by atoms with Crippen molar-refractivity contribution in [3.05, 3.63) is 70.4 Å². The van der Waals surface area contributed by atoms with Crippen LogP contribution in [0.5, 0.6) is 0 Å². The smallest absolute Gasteiger partial charge is 0.339 e. The van der Waals surface area contributed by atoms with Crippen LogP contribution in [0.3, 0.4) is 0 Å². The Morgan fingerprint density at radius 2 is 1.61 bits per heavy atom. The molecule has 0 saturated heterocycles. The van der Waals surface area contributed by atoms with E-state index in [1.165, 1.54) is 12.1 Å². The van der Waals surface area contributed by atoms with E-state index in [4.69, 9.17) is 0 Å². The monoisotopic (exact) mass is 454 g/mol. The molecule has 0 radical (unpaired) electrons. The summed E-state index contributed by atoms with van der Waals surface area (Å²) in [5, 5.41) is 6.13. The van der Waals surface area contributed by atoms with Gasteiger partial charge >= 0.3 is 6.18 Å². The Kier molecular flexibility index (Phi) is 5.64. The quantitative estimate of drug-likeness (QED) is 0.456. The number of alkyl halides is 3. The minimum Gasteiger partial charge on any atom is -0.339 e. The lowest BCUT2D eigenvalue weighted by atomic mass is 9.75. The van der Waals surface area contributed by atoms with Crippen LogP contribution in [-0.4, -0.2) is 15.8 Å². The Morgan fingerprint density at radius 1 is 0.909 bits per heavy atom. The van der Waals surface area contributed by atoms with Gasteiger partial charge in [-0.3, -0.25) is 4.79 Å². The maximum Gasteiger partial charge on any atom is 0.416 e. The van der Waals surface area contributed by atoms with E-state index in [0.29, 0.717) is 29.9 Å². The molecule has 8 heteroatoms. The van der Waals surface area contributed by atoms with Gasteiger partial charge in [-0.15, -0.1) is 0 Å². The van der Waals surface area contributed by atoms with Crippen LogP contribution in [0.4, 0.5) is 36.3 Å². The molecule has 0 aliphatic heterocycles. The Hall–Kier alpha value is -3.42. The minimum absolute atomic E-state index is 0.0567. The van der Waals surface area contributed by atoms with Crippen LogP contribution < -0.4 is 10.6 Å². The number of Topliss-reactive ketones (excluding diaryl/α,β-unsaturated/α-hetero) is 1. The zero-order chi connectivity index (χ0) is 24.0. The maximum absolute atomic E-state index is 13.1. The molecule has 0 amide bonds. The largest absolute Gasteiger partial charge is 0.416 e. The molecular formula is C25H25F3N4O. The summed E-state index contributed by atoms with van der Waals surface area (Å²) in [5.74, 6) is 0.421. The van der Waals surface area contributed by atoms with E-state index in [1.807, 2.05) is 45.9 Å². The van der Waals surface area contributed by atoms with Gasteiger partial charge in [0.2, 0.25) is 5.95 Å². The van der Waals surface area contributed by atoms with Gasteiger partial charge < -0.3 is 10.6 Å². The molecule has 3 aromatic rings. The van der Waals surface area contributed by atoms with Crippen LogP contribution in [0.25, 0.3) is 0 Å². The molecule has 5 nitrogen and oxygen atoms in total. The normalized spacial score (nSPS) is 15.2. The van der Waals surface area contributed by atoms with Gasteiger partial charge in [-0.25, -0.2) is 4.98 Å². The first-order valence-corrected chi connectivity index (χ1v) is 10.6. The first-order chi connectivity index (χ1) is 15.4. The summed E-state index contributed by atoms with van der Waals surface area (Å²) in [4.78, 5) is 22.0. The number of ketones is 1. The third-order valence-corrected chi connectivity index (χ3v) is 5.48. The summed E-state index contributed by atoms with van der Waals surface area (Å²) in [6, 6.07) is 10.8. The Labute approximate surface area is 190 Å². The van der Waals surface area contributed by atoms with Crippen molar-refractivity contribution in [3.8, 4) is 0 Å². The topological polar surface area (TPSA) is 66.9 Å². The molecule has 1 aliphatic rings. The lowest BCUT2D eigenvalue weighted by molar-refractivity contribution is -0.137. The van der Waals surface area contributed by atoms with E-state index >= 15 is 0 Å². The molecule has 172 valence electrons. The average Bonchev–Trinajstić information content (AvgIpc) is 2.65. The molecule has 0 fully saturated rings. The van der Waals surface area contributed by atoms with Gasteiger partial charge in [0.05, 0.1) is 16.8 Å². The number of nitrogens with one attached hydrogen (secondary N) is 2. The fraction of sp³-hybridized carbons (Fsp3) is 0.320. The van der Waals surface area contributed by atoms with Crippen molar-refractivity contribution in [2.24, 2.45) is 5.41 Å². The highest BCUT2D eigenvalue weighted by Crippen LogP contribution is 2.38. The van der Waals surface area contributed by atoms with Gasteiger partial charge in [0.25, 0.3) is 0 Å². The van der Waals surface area contributed by atoms with Gasteiger partial charge in [0.15, 0.2) is 5.78 Å². The average molecular weight is 454 g/mol. The number of hydrogen-bond donors (Lipinski definition) is 2. The molecule has 0 bridgehead atoms. The molecular weight excluding hydrogens is 429 g/mol. The Balaban J connectivity index is 1.77. The highest BCUT2D eigenvalue weighted by Gasteiger charge is 2.35. The number of anilines is 4. The summed E-state index contributed by atoms with van der Waals surface area (Å²) >= 11 is 0. The minimum atomic E-state index is -4.46. The highest BCUT2D eigenvalue weighted by atomic mass is 19.4. The van der Waals surface area contributed by atoms with Crippen LogP contribution in [0.1, 0.15) is 53.0 Å². The standard InChI is InChI=1S/C25H25F3N4O/c1-14-8-15(2)10-18(9-14)29-22-21-19(12-24(3,4)13-20(21)33)31-23(32-22)30-17-7-5-6-16(11-17)25(26,27)28/h5-11H,12-13H2,1-4H3,(H2,29,30,31,32). The molecule has 33 heavy (non-hydrogen) atoms. The number of aryl methyl sites for hydroxylation is 2. The molecule has 0 saturated carbocycles. The number of halogens is 3. The first-order valence-electron chi connectivity index (χ1n) is 10.6. The third-order valence-electron chi connectivity index (χ3n) is 5.48. The van der Waals surface area contributed by atoms with E-state index < -0.39 is 11.7 Å². The second kappa shape index (κ2) is 8.17. The molecule has 4 rings (SSSR count). The summed E-state index contributed by atoms with van der Waals surface area (Å²) in [6.45, 7) is 7.93. The fourth-order valence-corrected chi connectivity index (χ4v) is 4.20. The summed E-state index contributed by atoms with van der Waals surface area (Å²) in [6.07, 6.45) is -3.54. The fourth-order valence-electron chi connectivity index (χ4n) is 4.20. The number of benzene rings is 2. The van der Waals surface area contributed by atoms with Gasteiger partial charge in [0.1, 0.15) is 5.82 Å². The molecule has 0 spiro atoms. The molecule has 1 aromatic heterocycles. The van der Waals surface area contributed by atoms with Crippen molar-refractivity contribution in [1.82, 2.24) is 9.97 Å². The number of fused-ring (bicyclic) bond motifs is 1. The maximum atomic E-state index is 13.1. The summed E-state index contributed by atoms with van der Waals surface area (Å²) in [7, 11) is 0. The molecule has 2 aromatic carbocycles. The van der Waals surface area contributed by atoms with Crippen LogP contribution in [0, 0.1) is 19.3 Å². The SMILES string of the molecule is Cc1cc(C)cc(Nc2nc(Nc3cccc(C(F)(F)F)c3)nc3c2C(=O)CC(C)(C)C3)c1. The Bertz CT molecular complexity index is 1210. The molecule has 1 heterocycles. The van der Waals surface area contributed by atoms with Crippen LogP contribution in [-0.2, 0) is 12.6 Å². The molecule has 1 aliphatic carbocycles. The first kappa shape index (κ1) is 22.8. The van der Waals surface area contributed by atoms with E-state index in [9.17, 15) is 18.0 Å². The van der Waals surface area contributed by atoms with E-state index in [0.717, 1.165) is 28.9 Å². The lowest BCUT2D eigenvalue weighted by Gasteiger charge is -2.30. The third kappa shape index (κ3) is 5.16. The van der Waals surface area contributed by atoms with Crippen LogP contribution in [0.2, 0.25) is 0 Å². The second-order valence-corrected chi connectivity index (χ2v) is 9.36. The number of carbonyl (C=O) groups is 1. The van der Waals surface area contributed by atoms with Crippen molar-refractivity contribution >= 4 is 28.9 Å². The molecule has 0 unspecified atom stereocenters. The number of aromatic nitrogens is 2. The molecule has 0 atom stereocenters. The molecule has 2 N–H and O–H groups in total. The predicted octanol–water partition coefficient (Wildman–Crippen LogP) is 6.75. The van der Waals surface area contributed by atoms with Crippen molar-refractivity contribution in [1.29, 1.82) is 0 Å². The van der Waals surface area contributed by atoms with Crippen molar-refractivity contribution in [3.63, 3.8) is 0 Å². The zero-order valence-corrected chi connectivity index (χ0v) is 18.9. The summed E-state index contributed by atoms with van der Waals surface area (Å²) < 4.78 is 39.4. The second-order valence-electron chi connectivity index (χ2n) is 9.36. The summed E-state index contributed by atoms with van der Waals surface area (Å²) in [5.41, 5.74) is 3.05. The highest BCUT2D eigenvalue weighted by molar-refractivity contribution is 6.03. The van der Waals surface area contributed by atoms with Crippen LogP contribution in [0.15, 0.2) is 42.5 Å². The zero-order valence-electron chi connectivity index (χ0n) is 18.9. The van der Waals surface area contributed by atoms with Crippen LogP contribution >= 0.6 is 0 Å². The number of rotatable bonds is 4. The number of hydrogen-bond acceptors (Lipinski definition) is 5.